The summed E-state index contributed by atoms with van der Waals surface area (Å²) >= 11 is 0. The van der Waals surface area contributed by atoms with Gasteiger partial charge in [0.1, 0.15) is 0 Å². The lowest BCUT2D eigenvalue weighted by Gasteiger charge is -2.17. The fourth-order valence-electron chi connectivity index (χ4n) is 1.47. The molecule has 0 fully saturated rings. The zero-order chi connectivity index (χ0) is 11.1. The van der Waals surface area contributed by atoms with Crippen LogP contribution in [0.4, 0.5) is 5.69 Å². The maximum Gasteiger partial charge on any atom is 0.237 e. The molecule has 1 aromatic heterocycles. The summed E-state index contributed by atoms with van der Waals surface area (Å²) in [5.74, 6) is 0.701. The number of hydrogen-bond acceptors (Lipinski definition) is 3. The van der Waals surface area contributed by atoms with Gasteiger partial charge in [0.15, 0.2) is 0 Å². The zero-order valence-corrected chi connectivity index (χ0v) is 9.79. The molecule has 1 aromatic rings. The molecule has 0 radical (unpaired) electrons. The maximum atomic E-state index is 5.45. The van der Waals surface area contributed by atoms with Gasteiger partial charge in [0.05, 0.1) is 12.3 Å². The third kappa shape index (κ3) is 3.42. The van der Waals surface area contributed by atoms with Crippen LogP contribution in [0.2, 0.25) is 0 Å². The number of hydrogen-bond donors (Lipinski definition) is 1. The van der Waals surface area contributed by atoms with Gasteiger partial charge in [0.25, 0.3) is 0 Å². The Kier molecular flexibility index (Phi) is 4.95. The lowest BCUT2D eigenvalue weighted by Crippen LogP contribution is -2.17. The molecule has 0 atom stereocenters. The molecule has 15 heavy (non-hydrogen) atoms. The van der Waals surface area contributed by atoms with Gasteiger partial charge in [-0.25, -0.2) is 4.98 Å². The minimum Gasteiger partial charge on any atom is -0.476 e. The Balaban J connectivity index is 2.73. The first-order valence-electron chi connectivity index (χ1n) is 5.66. The van der Waals surface area contributed by atoms with Crippen LogP contribution in [0.3, 0.4) is 0 Å². The Hall–Kier alpha value is -1.25. The SMILES string of the molecule is CCOc1ncccc1NC(CC)CC. The number of nitrogens with one attached hydrogen (secondary N) is 1. The molecule has 3 nitrogen and oxygen atoms in total. The number of pyridine rings is 1. The average molecular weight is 208 g/mol. The van der Waals surface area contributed by atoms with Crippen LogP contribution in [0.5, 0.6) is 5.88 Å². The first kappa shape index (κ1) is 11.8. The van der Waals surface area contributed by atoms with Crippen molar-refractivity contribution in [2.45, 2.75) is 39.7 Å². The minimum absolute atomic E-state index is 0.494. The van der Waals surface area contributed by atoms with Gasteiger partial charge in [0.2, 0.25) is 5.88 Å². The summed E-state index contributed by atoms with van der Waals surface area (Å²) in [6, 6.07) is 4.43. The monoisotopic (exact) mass is 208 g/mol. The molecule has 1 rings (SSSR count). The maximum absolute atomic E-state index is 5.45. The number of aromatic nitrogens is 1. The van der Waals surface area contributed by atoms with E-state index in [-0.39, 0.29) is 0 Å². The molecule has 1 heterocycles. The van der Waals surface area contributed by atoms with Gasteiger partial charge in [-0.1, -0.05) is 13.8 Å². The Labute approximate surface area is 91.9 Å². The van der Waals surface area contributed by atoms with Gasteiger partial charge in [-0.15, -0.1) is 0 Å². The van der Waals surface area contributed by atoms with E-state index in [1.807, 2.05) is 19.1 Å². The highest BCUT2D eigenvalue weighted by Gasteiger charge is 2.08. The molecule has 84 valence electrons. The van der Waals surface area contributed by atoms with Crippen molar-refractivity contribution in [3.05, 3.63) is 18.3 Å². The highest BCUT2D eigenvalue weighted by Crippen LogP contribution is 2.22. The predicted molar refractivity (Wildman–Crippen MR) is 63.4 cm³/mol. The molecule has 0 aliphatic rings. The van der Waals surface area contributed by atoms with E-state index in [9.17, 15) is 0 Å². The van der Waals surface area contributed by atoms with E-state index in [1.54, 1.807) is 6.20 Å². The zero-order valence-electron chi connectivity index (χ0n) is 9.79. The van der Waals surface area contributed by atoms with Gasteiger partial charge >= 0.3 is 0 Å². The summed E-state index contributed by atoms with van der Waals surface area (Å²) in [6.45, 7) is 6.97. The number of ether oxygens (including phenoxy) is 1. The largest absolute Gasteiger partial charge is 0.476 e. The molecular formula is C12H20N2O. The smallest absolute Gasteiger partial charge is 0.237 e. The van der Waals surface area contributed by atoms with Crippen molar-refractivity contribution in [1.29, 1.82) is 0 Å². The van der Waals surface area contributed by atoms with Crippen LogP contribution in [0, 0.1) is 0 Å². The van der Waals surface area contributed by atoms with Crippen LogP contribution in [-0.4, -0.2) is 17.6 Å². The van der Waals surface area contributed by atoms with Crippen LogP contribution in [0.1, 0.15) is 33.6 Å². The molecule has 0 aromatic carbocycles. The molecular weight excluding hydrogens is 188 g/mol. The fourth-order valence-corrected chi connectivity index (χ4v) is 1.47. The fraction of sp³-hybridized carbons (Fsp3) is 0.583. The van der Waals surface area contributed by atoms with Crippen molar-refractivity contribution >= 4 is 5.69 Å². The van der Waals surface area contributed by atoms with E-state index in [1.165, 1.54) is 0 Å². The van der Waals surface area contributed by atoms with Crippen molar-refractivity contribution < 1.29 is 4.74 Å². The second-order valence-corrected chi connectivity index (χ2v) is 3.45. The normalized spacial score (nSPS) is 10.4. The summed E-state index contributed by atoms with van der Waals surface area (Å²) < 4.78 is 5.45. The minimum atomic E-state index is 0.494. The van der Waals surface area contributed by atoms with Crippen molar-refractivity contribution in [3.8, 4) is 5.88 Å². The molecule has 0 amide bonds. The topological polar surface area (TPSA) is 34.1 Å². The lowest BCUT2D eigenvalue weighted by molar-refractivity contribution is 0.328. The molecule has 1 N–H and O–H groups in total. The van der Waals surface area contributed by atoms with E-state index in [2.05, 4.69) is 24.1 Å². The summed E-state index contributed by atoms with van der Waals surface area (Å²) in [4.78, 5) is 4.21. The van der Waals surface area contributed by atoms with Crippen LogP contribution in [0.25, 0.3) is 0 Å². The first-order valence-corrected chi connectivity index (χ1v) is 5.66. The van der Waals surface area contributed by atoms with Crippen molar-refractivity contribution in [1.82, 2.24) is 4.98 Å². The Bertz CT molecular complexity index is 285. The number of rotatable bonds is 6. The van der Waals surface area contributed by atoms with Crippen molar-refractivity contribution in [2.75, 3.05) is 11.9 Å². The number of nitrogens with zero attached hydrogens (tertiary/aromatic N) is 1. The van der Waals surface area contributed by atoms with Crippen LogP contribution in [-0.2, 0) is 0 Å². The van der Waals surface area contributed by atoms with Crippen LogP contribution < -0.4 is 10.1 Å². The van der Waals surface area contributed by atoms with Gasteiger partial charge < -0.3 is 10.1 Å². The van der Waals surface area contributed by atoms with Crippen LogP contribution in [0.15, 0.2) is 18.3 Å². The van der Waals surface area contributed by atoms with Crippen molar-refractivity contribution in [2.24, 2.45) is 0 Å². The summed E-state index contributed by atoms with van der Waals surface area (Å²) in [5, 5.41) is 3.44. The van der Waals surface area contributed by atoms with E-state index in [4.69, 9.17) is 4.74 Å². The van der Waals surface area contributed by atoms with E-state index >= 15 is 0 Å². The third-order valence-electron chi connectivity index (χ3n) is 2.40. The predicted octanol–water partition coefficient (Wildman–Crippen LogP) is 3.08. The van der Waals surface area contributed by atoms with Crippen LogP contribution >= 0.6 is 0 Å². The molecule has 0 aliphatic heterocycles. The average Bonchev–Trinajstić information content (AvgIpc) is 2.28. The molecule has 0 saturated carbocycles. The number of anilines is 1. The van der Waals surface area contributed by atoms with Gasteiger partial charge in [0, 0.05) is 12.2 Å². The van der Waals surface area contributed by atoms with Gasteiger partial charge in [-0.2, -0.15) is 0 Å². The summed E-state index contributed by atoms with van der Waals surface area (Å²) in [5.41, 5.74) is 0.994. The molecule has 0 saturated heterocycles. The van der Waals surface area contributed by atoms with E-state index < -0.39 is 0 Å². The van der Waals surface area contributed by atoms with Gasteiger partial charge in [-0.05, 0) is 31.9 Å². The Morgan fingerprint density at radius 3 is 2.67 bits per heavy atom. The Morgan fingerprint density at radius 2 is 2.07 bits per heavy atom. The highest BCUT2D eigenvalue weighted by atomic mass is 16.5. The van der Waals surface area contributed by atoms with Crippen molar-refractivity contribution in [3.63, 3.8) is 0 Å². The lowest BCUT2D eigenvalue weighted by atomic mass is 10.1. The molecule has 0 bridgehead atoms. The second-order valence-electron chi connectivity index (χ2n) is 3.45. The second kappa shape index (κ2) is 6.27. The standard InChI is InChI=1S/C12H20N2O/c1-4-10(5-2)14-11-8-7-9-13-12(11)15-6-3/h7-10,14H,4-6H2,1-3H3. The van der Waals surface area contributed by atoms with Gasteiger partial charge in [-0.3, -0.25) is 0 Å². The molecule has 0 aliphatic carbocycles. The summed E-state index contributed by atoms with van der Waals surface area (Å²) in [6.07, 6.45) is 3.97. The van der Waals surface area contributed by atoms with E-state index in [0.717, 1.165) is 18.5 Å². The Morgan fingerprint density at radius 1 is 1.33 bits per heavy atom. The molecule has 0 unspecified atom stereocenters. The van der Waals surface area contributed by atoms with E-state index in [0.29, 0.717) is 18.5 Å². The first-order chi connectivity index (χ1) is 7.31. The quantitative estimate of drug-likeness (QED) is 0.780. The third-order valence-corrected chi connectivity index (χ3v) is 2.40. The molecule has 3 heteroatoms. The molecule has 0 spiro atoms. The summed E-state index contributed by atoms with van der Waals surface area (Å²) in [7, 11) is 0. The highest BCUT2D eigenvalue weighted by molar-refractivity contribution is 5.52.